The van der Waals surface area contributed by atoms with E-state index in [1.807, 2.05) is 49.4 Å². The van der Waals surface area contributed by atoms with E-state index in [9.17, 15) is 13.2 Å². The molecule has 4 rings (SSSR count). The summed E-state index contributed by atoms with van der Waals surface area (Å²) in [5.74, 6) is -0.0379. The van der Waals surface area contributed by atoms with Gasteiger partial charge < -0.3 is 5.32 Å². The van der Waals surface area contributed by atoms with Gasteiger partial charge in [-0.25, -0.2) is 8.42 Å². The van der Waals surface area contributed by atoms with Crippen molar-refractivity contribution in [2.45, 2.75) is 24.7 Å². The van der Waals surface area contributed by atoms with Crippen molar-refractivity contribution >= 4 is 38.1 Å². The highest BCUT2D eigenvalue weighted by atomic mass is 32.2. The number of hydrogen-bond donors (Lipinski definition) is 1. The highest BCUT2D eigenvalue weighted by Crippen LogP contribution is 2.32. The second kappa shape index (κ2) is 6.70. The second-order valence-corrected chi connectivity index (χ2v) is 8.40. The maximum absolute atomic E-state index is 13.4. The molecule has 138 valence electrons. The van der Waals surface area contributed by atoms with Crippen LogP contribution in [-0.2, 0) is 21.2 Å². The SMILES string of the molecule is CCN(c1cccc2ccccc12)S(=O)(=O)c1ccc2c(c1)CCC(=O)N2. The average Bonchev–Trinajstić information content (AvgIpc) is 2.68. The third kappa shape index (κ3) is 3.06. The van der Waals surface area contributed by atoms with Crippen LogP contribution in [0.3, 0.4) is 0 Å². The zero-order valence-electron chi connectivity index (χ0n) is 15.0. The minimum atomic E-state index is -3.72. The first-order chi connectivity index (χ1) is 13.0. The van der Waals surface area contributed by atoms with Crippen LogP contribution in [0.15, 0.2) is 65.6 Å². The Bertz CT molecular complexity index is 1130. The molecule has 1 aliphatic rings. The molecule has 0 saturated carbocycles. The van der Waals surface area contributed by atoms with Crippen LogP contribution in [-0.4, -0.2) is 20.9 Å². The van der Waals surface area contributed by atoms with E-state index in [1.165, 1.54) is 4.31 Å². The number of nitrogens with zero attached hydrogens (tertiary/aromatic N) is 1. The Balaban J connectivity index is 1.81. The summed E-state index contributed by atoms with van der Waals surface area (Å²) in [6.45, 7) is 2.15. The standard InChI is InChI=1S/C21H20N2O3S/c1-2-23(20-9-5-7-15-6-3-4-8-18(15)20)27(25,26)17-11-12-19-16(14-17)10-13-21(24)22-19/h3-9,11-12,14H,2,10,13H2,1H3,(H,22,24). The minimum absolute atomic E-state index is 0.0379. The van der Waals surface area contributed by atoms with Gasteiger partial charge in [-0.15, -0.1) is 0 Å². The van der Waals surface area contributed by atoms with Gasteiger partial charge in [-0.05, 0) is 48.6 Å². The fourth-order valence-corrected chi connectivity index (χ4v) is 5.09. The van der Waals surface area contributed by atoms with Crippen molar-refractivity contribution in [3.8, 4) is 0 Å². The normalized spacial score (nSPS) is 13.9. The van der Waals surface area contributed by atoms with Crippen LogP contribution in [0.1, 0.15) is 18.9 Å². The van der Waals surface area contributed by atoms with Gasteiger partial charge in [-0.2, -0.15) is 0 Å². The van der Waals surface area contributed by atoms with Crippen LogP contribution in [0.25, 0.3) is 10.8 Å². The largest absolute Gasteiger partial charge is 0.326 e. The van der Waals surface area contributed by atoms with Gasteiger partial charge in [0.2, 0.25) is 5.91 Å². The fourth-order valence-electron chi connectivity index (χ4n) is 3.54. The Morgan fingerprint density at radius 1 is 1.00 bits per heavy atom. The molecule has 0 radical (unpaired) electrons. The van der Waals surface area contributed by atoms with Gasteiger partial charge in [-0.3, -0.25) is 9.10 Å². The van der Waals surface area contributed by atoms with Crippen LogP contribution < -0.4 is 9.62 Å². The molecule has 3 aromatic rings. The van der Waals surface area contributed by atoms with Gasteiger partial charge in [-0.1, -0.05) is 36.4 Å². The molecule has 0 aliphatic carbocycles. The third-order valence-electron chi connectivity index (χ3n) is 4.88. The van der Waals surface area contributed by atoms with Crippen LogP contribution in [0.2, 0.25) is 0 Å². The second-order valence-electron chi connectivity index (χ2n) is 6.54. The monoisotopic (exact) mass is 380 g/mol. The van der Waals surface area contributed by atoms with Crippen molar-refractivity contribution < 1.29 is 13.2 Å². The molecule has 0 spiro atoms. The third-order valence-corrected chi connectivity index (χ3v) is 6.77. The van der Waals surface area contributed by atoms with Crippen molar-refractivity contribution in [2.24, 2.45) is 0 Å². The molecule has 0 saturated heterocycles. The van der Waals surface area contributed by atoms with Gasteiger partial charge in [0.15, 0.2) is 0 Å². The number of carbonyl (C=O) groups is 1. The van der Waals surface area contributed by atoms with Crippen molar-refractivity contribution in [1.29, 1.82) is 0 Å². The lowest BCUT2D eigenvalue weighted by molar-refractivity contribution is -0.116. The Morgan fingerprint density at radius 2 is 1.78 bits per heavy atom. The smallest absolute Gasteiger partial charge is 0.264 e. The number of aryl methyl sites for hydroxylation is 1. The quantitative estimate of drug-likeness (QED) is 0.745. The van der Waals surface area contributed by atoms with E-state index >= 15 is 0 Å². The van der Waals surface area contributed by atoms with E-state index in [0.29, 0.717) is 30.8 Å². The summed E-state index contributed by atoms with van der Waals surface area (Å²) in [6, 6.07) is 18.4. The number of carbonyl (C=O) groups excluding carboxylic acids is 1. The number of hydrogen-bond acceptors (Lipinski definition) is 3. The molecular formula is C21H20N2O3S. The Morgan fingerprint density at radius 3 is 2.59 bits per heavy atom. The van der Waals surface area contributed by atoms with Crippen LogP contribution in [0.5, 0.6) is 0 Å². The molecule has 0 atom stereocenters. The number of anilines is 2. The van der Waals surface area contributed by atoms with E-state index in [4.69, 9.17) is 0 Å². The summed E-state index contributed by atoms with van der Waals surface area (Å²) in [7, 11) is -3.72. The summed E-state index contributed by atoms with van der Waals surface area (Å²) < 4.78 is 28.2. The summed E-state index contributed by atoms with van der Waals surface area (Å²) in [5.41, 5.74) is 2.21. The maximum atomic E-state index is 13.4. The lowest BCUT2D eigenvalue weighted by Gasteiger charge is -2.25. The molecule has 1 amide bonds. The topological polar surface area (TPSA) is 66.5 Å². The van der Waals surface area contributed by atoms with Crippen molar-refractivity contribution in [2.75, 3.05) is 16.2 Å². The predicted octanol–water partition coefficient (Wildman–Crippen LogP) is 3.94. The van der Waals surface area contributed by atoms with E-state index in [1.54, 1.807) is 18.2 Å². The highest BCUT2D eigenvalue weighted by molar-refractivity contribution is 7.92. The summed E-state index contributed by atoms with van der Waals surface area (Å²) in [5, 5.41) is 4.69. The summed E-state index contributed by atoms with van der Waals surface area (Å²) in [6.07, 6.45) is 0.919. The molecule has 0 bridgehead atoms. The number of sulfonamides is 1. The Hall–Kier alpha value is -2.86. The van der Waals surface area contributed by atoms with Crippen molar-refractivity contribution in [3.63, 3.8) is 0 Å². The van der Waals surface area contributed by atoms with Gasteiger partial charge >= 0.3 is 0 Å². The molecule has 3 aromatic carbocycles. The Kier molecular flexibility index (Phi) is 4.36. The van der Waals surface area contributed by atoms with Gasteiger partial charge in [0.05, 0.1) is 10.6 Å². The van der Waals surface area contributed by atoms with E-state index < -0.39 is 10.0 Å². The summed E-state index contributed by atoms with van der Waals surface area (Å²) in [4.78, 5) is 11.8. The lowest BCUT2D eigenvalue weighted by Crippen LogP contribution is -2.31. The van der Waals surface area contributed by atoms with Crippen LogP contribution in [0, 0.1) is 0 Å². The Labute approximate surface area is 158 Å². The molecule has 5 nitrogen and oxygen atoms in total. The van der Waals surface area contributed by atoms with Gasteiger partial charge in [0, 0.05) is 24.0 Å². The number of benzene rings is 3. The van der Waals surface area contributed by atoms with Crippen molar-refractivity contribution in [3.05, 3.63) is 66.2 Å². The molecule has 6 heteroatoms. The zero-order valence-corrected chi connectivity index (χ0v) is 15.8. The maximum Gasteiger partial charge on any atom is 0.264 e. The first-order valence-electron chi connectivity index (χ1n) is 8.94. The van der Waals surface area contributed by atoms with Gasteiger partial charge in [0.1, 0.15) is 0 Å². The summed E-state index contributed by atoms with van der Waals surface area (Å²) >= 11 is 0. The number of nitrogens with one attached hydrogen (secondary N) is 1. The number of fused-ring (bicyclic) bond motifs is 2. The van der Waals surface area contributed by atoms with E-state index in [2.05, 4.69) is 5.32 Å². The molecule has 0 unspecified atom stereocenters. The molecule has 0 aromatic heterocycles. The van der Waals surface area contributed by atoms with Crippen molar-refractivity contribution in [1.82, 2.24) is 0 Å². The van der Waals surface area contributed by atoms with E-state index in [-0.39, 0.29) is 10.8 Å². The lowest BCUT2D eigenvalue weighted by atomic mass is 10.0. The highest BCUT2D eigenvalue weighted by Gasteiger charge is 2.26. The zero-order chi connectivity index (χ0) is 19.0. The van der Waals surface area contributed by atoms with Gasteiger partial charge in [0.25, 0.3) is 10.0 Å². The molecule has 1 aliphatic heterocycles. The first kappa shape index (κ1) is 17.5. The molecule has 27 heavy (non-hydrogen) atoms. The molecular weight excluding hydrogens is 360 g/mol. The first-order valence-corrected chi connectivity index (χ1v) is 10.4. The average molecular weight is 380 g/mol. The molecule has 0 fully saturated rings. The predicted molar refractivity (Wildman–Crippen MR) is 108 cm³/mol. The number of amides is 1. The van der Waals surface area contributed by atoms with Crippen LogP contribution in [0.4, 0.5) is 11.4 Å². The molecule has 1 N–H and O–H groups in total. The van der Waals surface area contributed by atoms with Crippen LogP contribution >= 0.6 is 0 Å². The van der Waals surface area contributed by atoms with E-state index in [0.717, 1.165) is 16.3 Å². The minimum Gasteiger partial charge on any atom is -0.326 e. The molecule has 1 heterocycles. The fraction of sp³-hybridized carbons (Fsp3) is 0.190. The number of rotatable bonds is 4.